The van der Waals surface area contributed by atoms with Crippen molar-refractivity contribution < 1.29 is 0 Å². The number of rotatable bonds is 0. The molecule has 0 aliphatic rings. The molecule has 60 valence electrons. The van der Waals surface area contributed by atoms with E-state index in [9.17, 15) is 4.79 Å². The van der Waals surface area contributed by atoms with E-state index in [0.29, 0.717) is 5.52 Å². The Morgan fingerprint density at radius 3 is 2.83 bits per heavy atom. The zero-order valence-electron chi connectivity index (χ0n) is 7.06. The standard InChI is InChI=1S/C8H9BN2O/c1-4-3-6(12)8-7(10-4)5(2)9-11-8/h3,11H,1-2H3,(H,10,12). The van der Waals surface area contributed by atoms with Crippen LogP contribution in [-0.4, -0.2) is 16.9 Å². The van der Waals surface area contributed by atoms with Crippen molar-refractivity contribution in [3.05, 3.63) is 27.4 Å². The van der Waals surface area contributed by atoms with Crippen molar-refractivity contribution in [2.45, 2.75) is 13.8 Å². The van der Waals surface area contributed by atoms with Crippen LogP contribution in [0.3, 0.4) is 0 Å². The zero-order valence-corrected chi connectivity index (χ0v) is 7.06. The van der Waals surface area contributed by atoms with Crippen LogP contribution >= 0.6 is 0 Å². The van der Waals surface area contributed by atoms with Crippen LogP contribution in [0.15, 0.2) is 10.9 Å². The van der Waals surface area contributed by atoms with Crippen LogP contribution in [0.2, 0.25) is 0 Å². The van der Waals surface area contributed by atoms with Crippen molar-refractivity contribution in [2.75, 3.05) is 0 Å². The first-order valence-corrected chi connectivity index (χ1v) is 3.86. The van der Waals surface area contributed by atoms with Crippen LogP contribution < -0.4 is 5.43 Å². The normalized spacial score (nSPS) is 10.5. The van der Waals surface area contributed by atoms with E-state index in [-0.39, 0.29) is 5.43 Å². The van der Waals surface area contributed by atoms with Gasteiger partial charge in [0, 0.05) is 0 Å². The molecule has 4 heteroatoms. The predicted octanol–water partition coefficient (Wildman–Crippen LogP) is 0.811. The average Bonchev–Trinajstić information content (AvgIpc) is 2.33. The number of hydrogen-bond donors (Lipinski definition) is 2. The van der Waals surface area contributed by atoms with E-state index in [1.165, 1.54) is 0 Å². The molecule has 0 amide bonds. The molecule has 2 rings (SSSR count). The van der Waals surface area contributed by atoms with Crippen molar-refractivity contribution in [2.24, 2.45) is 0 Å². The van der Waals surface area contributed by atoms with E-state index < -0.39 is 0 Å². The Bertz CT molecular complexity index is 483. The first kappa shape index (κ1) is 7.34. The molecule has 0 radical (unpaired) electrons. The van der Waals surface area contributed by atoms with E-state index in [4.69, 9.17) is 0 Å². The number of fused-ring (bicyclic) bond motifs is 1. The van der Waals surface area contributed by atoms with Gasteiger partial charge < -0.3 is 0 Å². The van der Waals surface area contributed by atoms with Crippen LogP contribution in [0.5, 0.6) is 0 Å². The third-order valence-corrected chi connectivity index (χ3v) is 1.99. The van der Waals surface area contributed by atoms with E-state index in [1.54, 1.807) is 6.07 Å². The fraction of sp³-hybridized carbons (Fsp3) is 0.250. The van der Waals surface area contributed by atoms with Gasteiger partial charge in [-0.15, -0.1) is 0 Å². The summed E-state index contributed by atoms with van der Waals surface area (Å²) >= 11 is 0. The number of aryl methyl sites for hydroxylation is 2. The molecule has 0 atom stereocenters. The zero-order chi connectivity index (χ0) is 8.72. The molecule has 0 unspecified atom stereocenters. The Morgan fingerprint density at radius 2 is 2.08 bits per heavy atom. The van der Waals surface area contributed by atoms with Crippen LogP contribution in [0, 0.1) is 13.8 Å². The summed E-state index contributed by atoms with van der Waals surface area (Å²) in [5.74, 6) is 0. The van der Waals surface area contributed by atoms with Crippen LogP contribution in [0.25, 0.3) is 11.0 Å². The molecule has 0 aliphatic heterocycles. The molecule has 2 aromatic heterocycles. The average molecular weight is 160 g/mol. The molecule has 0 aliphatic carbocycles. The number of aromatic nitrogens is 2. The summed E-state index contributed by atoms with van der Waals surface area (Å²) in [6.45, 7) is 3.85. The molecule has 0 fully saturated rings. The molecular weight excluding hydrogens is 151 g/mol. The summed E-state index contributed by atoms with van der Waals surface area (Å²) in [6, 6.07) is 1.60. The van der Waals surface area contributed by atoms with Gasteiger partial charge in [0.15, 0.2) is 0 Å². The van der Waals surface area contributed by atoms with Crippen LogP contribution in [0.1, 0.15) is 11.2 Å². The summed E-state index contributed by atoms with van der Waals surface area (Å²) in [5.41, 5.74) is 3.61. The molecule has 2 heterocycles. The fourth-order valence-corrected chi connectivity index (χ4v) is 1.38. The minimum atomic E-state index is 0.0503. The van der Waals surface area contributed by atoms with Gasteiger partial charge in [-0.1, -0.05) is 0 Å². The Kier molecular flexibility index (Phi) is 1.43. The van der Waals surface area contributed by atoms with Gasteiger partial charge >= 0.3 is 69.3 Å². The maximum absolute atomic E-state index is 11.4. The van der Waals surface area contributed by atoms with E-state index in [2.05, 4.69) is 9.88 Å². The first-order chi connectivity index (χ1) is 5.68. The summed E-state index contributed by atoms with van der Waals surface area (Å²) in [6.07, 6.45) is 0. The second kappa shape index (κ2) is 2.34. The van der Waals surface area contributed by atoms with Crippen molar-refractivity contribution >= 4 is 18.1 Å². The van der Waals surface area contributed by atoms with E-state index >= 15 is 0 Å². The van der Waals surface area contributed by atoms with Crippen LogP contribution in [-0.2, 0) is 0 Å². The predicted molar refractivity (Wildman–Crippen MR) is 49.7 cm³/mol. The molecule has 0 bridgehead atoms. The number of pyridine rings is 1. The van der Waals surface area contributed by atoms with E-state index in [0.717, 1.165) is 16.7 Å². The summed E-state index contributed by atoms with van der Waals surface area (Å²) in [5, 5.41) is 0. The van der Waals surface area contributed by atoms with Crippen molar-refractivity contribution in [1.82, 2.24) is 9.88 Å². The van der Waals surface area contributed by atoms with Crippen molar-refractivity contribution in [3.63, 3.8) is 0 Å². The number of H-pyrrole nitrogens is 2. The molecule has 0 spiro atoms. The monoisotopic (exact) mass is 160 g/mol. The molecule has 3 nitrogen and oxygen atoms in total. The van der Waals surface area contributed by atoms with Gasteiger partial charge in [0.1, 0.15) is 0 Å². The molecule has 2 aromatic rings. The van der Waals surface area contributed by atoms with Crippen molar-refractivity contribution in [3.8, 4) is 0 Å². The van der Waals surface area contributed by atoms with Gasteiger partial charge in [0.05, 0.1) is 0 Å². The second-order valence-electron chi connectivity index (χ2n) is 3.04. The molecular formula is C8H9BN2O. The summed E-state index contributed by atoms with van der Waals surface area (Å²) in [7, 11) is 1.84. The third-order valence-electron chi connectivity index (χ3n) is 1.99. The Morgan fingerprint density at radius 1 is 1.33 bits per heavy atom. The Hall–Kier alpha value is -1.32. The molecule has 12 heavy (non-hydrogen) atoms. The number of hydrogen-bond acceptors (Lipinski definition) is 1. The van der Waals surface area contributed by atoms with Crippen LogP contribution in [0.4, 0.5) is 0 Å². The third kappa shape index (κ3) is 0.914. The molecule has 0 aromatic carbocycles. The molecule has 2 N–H and O–H groups in total. The first-order valence-electron chi connectivity index (χ1n) is 3.86. The van der Waals surface area contributed by atoms with Gasteiger partial charge in [-0.25, -0.2) is 0 Å². The Balaban J connectivity index is 3.03. The quantitative estimate of drug-likeness (QED) is 0.588. The molecule has 0 saturated carbocycles. The maximum atomic E-state index is 11.4. The van der Waals surface area contributed by atoms with Gasteiger partial charge in [0.2, 0.25) is 0 Å². The number of aromatic amines is 2. The minimum absolute atomic E-state index is 0.0503. The van der Waals surface area contributed by atoms with Gasteiger partial charge in [-0.05, 0) is 0 Å². The van der Waals surface area contributed by atoms with Gasteiger partial charge in [0.25, 0.3) is 0 Å². The van der Waals surface area contributed by atoms with Crippen molar-refractivity contribution in [1.29, 1.82) is 0 Å². The SMILES string of the molecule is Cc1cc(=O)c2[nH]bc(C)c2[nH]1. The van der Waals surface area contributed by atoms with E-state index in [1.807, 2.05) is 20.9 Å². The summed E-state index contributed by atoms with van der Waals surface area (Å²) < 4.78 is 0. The molecule has 0 saturated heterocycles. The number of nitrogens with one attached hydrogen (secondary N) is 2. The summed E-state index contributed by atoms with van der Waals surface area (Å²) in [4.78, 5) is 17.4. The van der Waals surface area contributed by atoms with Gasteiger partial charge in [-0.2, -0.15) is 0 Å². The fourth-order valence-electron chi connectivity index (χ4n) is 1.38. The van der Waals surface area contributed by atoms with Gasteiger partial charge in [-0.3, -0.25) is 0 Å². The second-order valence-corrected chi connectivity index (χ2v) is 3.04. The topological polar surface area (TPSA) is 48.6 Å². The Labute approximate surface area is 70.1 Å².